The van der Waals surface area contributed by atoms with Gasteiger partial charge in [0, 0.05) is 23.0 Å². The van der Waals surface area contributed by atoms with E-state index in [4.69, 9.17) is 4.74 Å². The predicted octanol–water partition coefficient (Wildman–Crippen LogP) is 4.75. The first-order valence-electron chi connectivity index (χ1n) is 9.83. The highest BCUT2D eigenvalue weighted by molar-refractivity contribution is 6.06. The minimum Gasteiger partial charge on any atom is -0.497 e. The number of rotatable bonds is 5. The van der Waals surface area contributed by atoms with Crippen molar-refractivity contribution in [3.05, 3.63) is 102 Å². The van der Waals surface area contributed by atoms with Gasteiger partial charge in [-0.25, -0.2) is 9.37 Å². The molecule has 4 aromatic rings. The second-order valence-corrected chi connectivity index (χ2v) is 7.18. The van der Waals surface area contributed by atoms with Crippen molar-refractivity contribution in [2.45, 2.75) is 0 Å². The summed E-state index contributed by atoms with van der Waals surface area (Å²) >= 11 is 0. The third kappa shape index (κ3) is 3.61. The molecule has 154 valence electrons. The first-order valence-corrected chi connectivity index (χ1v) is 9.83. The van der Waals surface area contributed by atoms with Gasteiger partial charge in [-0.15, -0.1) is 0 Å². The quantitative estimate of drug-likeness (QED) is 0.495. The smallest absolute Gasteiger partial charge is 0.123 e. The molecule has 0 bridgehead atoms. The fraction of sp³-hybridized carbons (Fsp3) is 0.0833. The Hall–Kier alpha value is -4.13. The minimum absolute atomic E-state index is 0.269. The Labute approximate surface area is 178 Å². The normalized spacial score (nSPS) is 14.0. The van der Waals surface area contributed by atoms with Crippen LogP contribution in [-0.2, 0) is 0 Å². The van der Waals surface area contributed by atoms with Crippen LogP contribution in [0.1, 0.15) is 16.8 Å². The van der Waals surface area contributed by atoms with E-state index in [1.807, 2.05) is 36.7 Å². The highest BCUT2D eigenvalue weighted by Gasteiger charge is 2.26. The number of hydrogen-bond donors (Lipinski definition) is 2. The molecule has 2 aromatic carbocycles. The summed E-state index contributed by atoms with van der Waals surface area (Å²) in [5.74, 6) is 0.521. The number of hydrogen-bond acceptors (Lipinski definition) is 4. The number of H-pyrrole nitrogens is 2. The summed E-state index contributed by atoms with van der Waals surface area (Å²) in [4.78, 5) is 9.61. The minimum atomic E-state index is -0.269. The van der Waals surface area contributed by atoms with Gasteiger partial charge in [-0.1, -0.05) is 12.1 Å². The molecule has 1 aliphatic rings. The number of aromatic nitrogens is 4. The summed E-state index contributed by atoms with van der Waals surface area (Å²) in [6, 6.07) is 14.5. The maximum absolute atomic E-state index is 13.7. The number of halogens is 1. The standard InChI is InChI=1S/C24H20FN5O/c1-31-21-8-6-20(7-9-21)30-14-17(23-13-26-15-27-23)10-22(16-2-4-19(25)5-3-16)24(30)18-11-28-29-12-18/h2-13,15H,14H2,1H3,(H,26,27)(H,28,29). The Kier molecular flexibility index (Phi) is 4.84. The number of imidazole rings is 1. The van der Waals surface area contributed by atoms with Crippen LogP contribution in [0.3, 0.4) is 0 Å². The van der Waals surface area contributed by atoms with E-state index in [1.165, 1.54) is 12.1 Å². The summed E-state index contributed by atoms with van der Waals surface area (Å²) in [6.45, 7) is 0.625. The number of methoxy groups -OCH3 is 1. The van der Waals surface area contributed by atoms with Gasteiger partial charge in [-0.2, -0.15) is 5.10 Å². The molecular weight excluding hydrogens is 393 g/mol. The third-order valence-corrected chi connectivity index (χ3v) is 5.33. The molecule has 6 nitrogen and oxygen atoms in total. The van der Waals surface area contributed by atoms with Crippen molar-refractivity contribution >= 4 is 22.5 Å². The van der Waals surface area contributed by atoms with Crippen molar-refractivity contribution in [3.63, 3.8) is 0 Å². The first kappa shape index (κ1) is 18.9. The lowest BCUT2D eigenvalue weighted by Crippen LogP contribution is -2.27. The van der Waals surface area contributed by atoms with Crippen LogP contribution < -0.4 is 9.64 Å². The summed E-state index contributed by atoms with van der Waals surface area (Å²) in [6.07, 6.45) is 9.27. The van der Waals surface area contributed by atoms with Crippen molar-refractivity contribution in [2.24, 2.45) is 0 Å². The first-order chi connectivity index (χ1) is 15.2. The maximum Gasteiger partial charge on any atom is 0.123 e. The Balaban J connectivity index is 1.74. The molecule has 31 heavy (non-hydrogen) atoms. The molecule has 2 aromatic heterocycles. The average molecular weight is 413 g/mol. The molecule has 0 fully saturated rings. The molecule has 0 amide bonds. The molecule has 0 radical (unpaired) electrons. The van der Waals surface area contributed by atoms with Crippen LogP contribution in [0, 0.1) is 5.82 Å². The van der Waals surface area contributed by atoms with Gasteiger partial charge in [0.25, 0.3) is 0 Å². The monoisotopic (exact) mass is 413 g/mol. The number of anilines is 1. The summed E-state index contributed by atoms with van der Waals surface area (Å²) in [5, 5.41) is 7.07. The van der Waals surface area contributed by atoms with Gasteiger partial charge < -0.3 is 14.6 Å². The second kappa shape index (κ2) is 7.95. The van der Waals surface area contributed by atoms with E-state index < -0.39 is 0 Å². The number of nitrogens with one attached hydrogen (secondary N) is 2. The number of benzene rings is 2. The molecule has 0 saturated heterocycles. The maximum atomic E-state index is 13.7. The van der Waals surface area contributed by atoms with E-state index in [0.717, 1.165) is 45.1 Å². The highest BCUT2D eigenvalue weighted by atomic mass is 19.1. The van der Waals surface area contributed by atoms with Crippen LogP contribution in [0.25, 0.3) is 16.8 Å². The zero-order valence-electron chi connectivity index (χ0n) is 16.8. The van der Waals surface area contributed by atoms with Crippen molar-refractivity contribution in [2.75, 3.05) is 18.6 Å². The van der Waals surface area contributed by atoms with Crippen LogP contribution in [-0.4, -0.2) is 33.8 Å². The number of ether oxygens (including phenoxy) is 1. The van der Waals surface area contributed by atoms with Gasteiger partial charge >= 0.3 is 0 Å². The molecule has 3 heterocycles. The van der Waals surface area contributed by atoms with Crippen LogP contribution >= 0.6 is 0 Å². The van der Waals surface area contributed by atoms with E-state index in [-0.39, 0.29) is 5.82 Å². The number of nitrogens with zero attached hydrogens (tertiary/aromatic N) is 3. The Morgan fingerprint density at radius 2 is 1.81 bits per heavy atom. The van der Waals surface area contributed by atoms with Gasteiger partial charge in [-0.05, 0) is 53.6 Å². The zero-order chi connectivity index (χ0) is 21.2. The highest BCUT2D eigenvalue weighted by Crippen LogP contribution is 2.40. The summed E-state index contributed by atoms with van der Waals surface area (Å²) in [5.41, 5.74) is 6.80. The Bertz CT molecular complexity index is 1220. The van der Waals surface area contributed by atoms with Crippen LogP contribution in [0.4, 0.5) is 10.1 Å². The van der Waals surface area contributed by atoms with Crippen molar-refractivity contribution in [1.82, 2.24) is 20.2 Å². The van der Waals surface area contributed by atoms with E-state index in [9.17, 15) is 4.39 Å². The summed E-state index contributed by atoms with van der Waals surface area (Å²) in [7, 11) is 1.65. The van der Waals surface area contributed by atoms with Gasteiger partial charge in [0.15, 0.2) is 0 Å². The topological polar surface area (TPSA) is 69.8 Å². The second-order valence-electron chi connectivity index (χ2n) is 7.18. The van der Waals surface area contributed by atoms with Crippen LogP contribution in [0.2, 0.25) is 0 Å². The van der Waals surface area contributed by atoms with E-state index in [1.54, 1.807) is 31.8 Å². The SMILES string of the molecule is COc1ccc(N2CC(c3cnc[nH]3)=CC(c3ccc(F)cc3)=C2c2cn[nH]c2)cc1. The van der Waals surface area contributed by atoms with Gasteiger partial charge in [0.1, 0.15) is 11.6 Å². The molecule has 7 heteroatoms. The predicted molar refractivity (Wildman–Crippen MR) is 119 cm³/mol. The van der Waals surface area contributed by atoms with E-state index in [2.05, 4.69) is 31.1 Å². The third-order valence-electron chi connectivity index (χ3n) is 5.33. The van der Waals surface area contributed by atoms with Gasteiger partial charge in [0.05, 0.1) is 43.8 Å². The fourth-order valence-electron chi connectivity index (χ4n) is 3.80. The Morgan fingerprint density at radius 3 is 2.45 bits per heavy atom. The zero-order valence-corrected chi connectivity index (χ0v) is 16.8. The van der Waals surface area contributed by atoms with Gasteiger partial charge in [0.2, 0.25) is 0 Å². The molecular formula is C24H20FN5O. The van der Waals surface area contributed by atoms with Crippen molar-refractivity contribution in [3.8, 4) is 5.75 Å². The lowest BCUT2D eigenvalue weighted by molar-refractivity contribution is 0.415. The molecule has 0 saturated carbocycles. The lowest BCUT2D eigenvalue weighted by Gasteiger charge is -2.33. The number of aromatic amines is 2. The molecule has 2 N–H and O–H groups in total. The largest absolute Gasteiger partial charge is 0.497 e. The molecule has 0 spiro atoms. The average Bonchev–Trinajstić information content (AvgIpc) is 3.53. The van der Waals surface area contributed by atoms with Crippen molar-refractivity contribution < 1.29 is 9.13 Å². The molecule has 0 unspecified atom stereocenters. The van der Waals surface area contributed by atoms with E-state index >= 15 is 0 Å². The Morgan fingerprint density at radius 1 is 1.00 bits per heavy atom. The fourth-order valence-corrected chi connectivity index (χ4v) is 3.80. The molecule has 1 aliphatic heterocycles. The molecule has 0 atom stereocenters. The molecule has 0 aliphatic carbocycles. The lowest BCUT2D eigenvalue weighted by atomic mass is 9.92. The number of allylic oxidation sites excluding steroid dienone is 2. The van der Waals surface area contributed by atoms with Crippen LogP contribution in [0.5, 0.6) is 5.75 Å². The van der Waals surface area contributed by atoms with Crippen LogP contribution in [0.15, 0.2) is 79.5 Å². The molecule has 5 rings (SSSR count). The summed E-state index contributed by atoms with van der Waals surface area (Å²) < 4.78 is 19.0. The van der Waals surface area contributed by atoms with E-state index in [0.29, 0.717) is 6.54 Å². The van der Waals surface area contributed by atoms with Gasteiger partial charge in [-0.3, -0.25) is 5.10 Å². The van der Waals surface area contributed by atoms with Crippen molar-refractivity contribution in [1.29, 1.82) is 0 Å².